The van der Waals surface area contributed by atoms with Crippen LogP contribution >= 0.6 is 0 Å². The first-order valence-electron chi connectivity index (χ1n) is 6.20. The van der Waals surface area contributed by atoms with Gasteiger partial charge in [-0.1, -0.05) is 26.2 Å². The summed E-state index contributed by atoms with van der Waals surface area (Å²) in [6.45, 7) is 1.99. The second-order valence-corrected chi connectivity index (χ2v) is 4.73. The molecule has 0 heterocycles. The van der Waals surface area contributed by atoms with Crippen molar-refractivity contribution in [2.45, 2.75) is 63.6 Å². The molecule has 0 aromatic heterocycles. The lowest BCUT2D eigenvalue weighted by Crippen LogP contribution is -2.50. The van der Waals surface area contributed by atoms with E-state index < -0.39 is 12.0 Å². The van der Waals surface area contributed by atoms with Crippen LogP contribution in [-0.2, 0) is 4.79 Å². The van der Waals surface area contributed by atoms with Crippen LogP contribution in [-0.4, -0.2) is 46.3 Å². The van der Waals surface area contributed by atoms with Crippen LogP contribution in [0.5, 0.6) is 0 Å². The zero-order valence-electron chi connectivity index (χ0n) is 10.2. The zero-order chi connectivity index (χ0) is 12.1. The van der Waals surface area contributed by atoms with E-state index in [0.29, 0.717) is 6.42 Å². The Morgan fingerprint density at radius 3 is 2.56 bits per heavy atom. The Morgan fingerprint density at radius 2 is 2.06 bits per heavy atom. The molecule has 0 saturated heterocycles. The largest absolute Gasteiger partial charge is 0.480 e. The van der Waals surface area contributed by atoms with E-state index >= 15 is 0 Å². The maximum absolute atomic E-state index is 11.2. The lowest BCUT2D eigenvalue weighted by molar-refractivity contribution is -0.145. The molecule has 4 heteroatoms. The molecule has 0 aliphatic heterocycles. The van der Waals surface area contributed by atoms with Crippen LogP contribution in [0, 0.1) is 0 Å². The first-order chi connectivity index (χ1) is 7.57. The van der Waals surface area contributed by atoms with Gasteiger partial charge in [0.2, 0.25) is 0 Å². The number of likely N-dealkylation sites (N-methyl/N-ethyl adjacent to an activating group) is 1. The van der Waals surface area contributed by atoms with Crippen LogP contribution in [0.1, 0.15) is 45.4 Å². The highest BCUT2D eigenvalue weighted by Crippen LogP contribution is 2.24. The molecule has 1 fully saturated rings. The second-order valence-electron chi connectivity index (χ2n) is 4.73. The molecule has 0 aromatic carbocycles. The van der Waals surface area contributed by atoms with Gasteiger partial charge in [0, 0.05) is 6.04 Å². The molecular weight excluding hydrogens is 206 g/mol. The monoisotopic (exact) mass is 229 g/mol. The van der Waals surface area contributed by atoms with Gasteiger partial charge < -0.3 is 10.2 Å². The average molecular weight is 229 g/mol. The number of hydrogen-bond acceptors (Lipinski definition) is 3. The van der Waals surface area contributed by atoms with Crippen molar-refractivity contribution in [3.8, 4) is 0 Å². The molecule has 0 bridgehead atoms. The zero-order valence-corrected chi connectivity index (χ0v) is 10.2. The third kappa shape index (κ3) is 3.19. The van der Waals surface area contributed by atoms with E-state index in [1.54, 1.807) is 0 Å². The van der Waals surface area contributed by atoms with Crippen LogP contribution < -0.4 is 0 Å². The first-order valence-corrected chi connectivity index (χ1v) is 6.20. The van der Waals surface area contributed by atoms with Gasteiger partial charge in [0.25, 0.3) is 0 Å². The number of aliphatic hydroxyl groups is 1. The lowest BCUT2D eigenvalue weighted by Gasteiger charge is -2.38. The molecule has 16 heavy (non-hydrogen) atoms. The number of aliphatic hydroxyl groups excluding tert-OH is 1. The van der Waals surface area contributed by atoms with E-state index in [-0.39, 0.29) is 12.1 Å². The summed E-state index contributed by atoms with van der Waals surface area (Å²) in [7, 11) is 1.83. The fourth-order valence-corrected chi connectivity index (χ4v) is 2.57. The number of carboxylic acids is 1. The molecule has 0 amide bonds. The molecule has 1 rings (SSSR count). The van der Waals surface area contributed by atoms with Gasteiger partial charge in [0.1, 0.15) is 6.04 Å². The minimum Gasteiger partial charge on any atom is -0.480 e. The summed E-state index contributed by atoms with van der Waals surface area (Å²) in [5.41, 5.74) is 0. The second kappa shape index (κ2) is 6.21. The number of carbonyl (C=O) groups is 1. The Balaban J connectivity index is 2.64. The lowest BCUT2D eigenvalue weighted by atomic mass is 9.90. The molecule has 3 unspecified atom stereocenters. The molecular formula is C12H23NO3. The number of nitrogens with zero attached hydrogens (tertiary/aromatic N) is 1. The minimum absolute atomic E-state index is 0.0152. The Morgan fingerprint density at radius 1 is 1.44 bits per heavy atom. The Labute approximate surface area is 97.3 Å². The average Bonchev–Trinajstić information content (AvgIpc) is 2.25. The summed E-state index contributed by atoms with van der Waals surface area (Å²) in [5, 5.41) is 19.1. The third-order valence-electron chi connectivity index (χ3n) is 3.56. The molecule has 2 N–H and O–H groups in total. The van der Waals surface area contributed by atoms with E-state index in [0.717, 1.165) is 32.1 Å². The highest BCUT2D eigenvalue weighted by Gasteiger charge is 2.33. The quantitative estimate of drug-likeness (QED) is 0.749. The molecule has 0 radical (unpaired) electrons. The van der Waals surface area contributed by atoms with E-state index in [1.807, 2.05) is 18.9 Å². The summed E-state index contributed by atoms with van der Waals surface area (Å²) in [6.07, 6.45) is 4.98. The topological polar surface area (TPSA) is 60.8 Å². The van der Waals surface area contributed by atoms with Gasteiger partial charge in [-0.2, -0.15) is 0 Å². The van der Waals surface area contributed by atoms with Crippen molar-refractivity contribution in [2.24, 2.45) is 0 Å². The van der Waals surface area contributed by atoms with Gasteiger partial charge in [-0.25, -0.2) is 0 Å². The van der Waals surface area contributed by atoms with E-state index in [9.17, 15) is 9.90 Å². The van der Waals surface area contributed by atoms with E-state index in [4.69, 9.17) is 5.11 Å². The van der Waals surface area contributed by atoms with Crippen LogP contribution in [0.2, 0.25) is 0 Å². The number of hydrogen-bond donors (Lipinski definition) is 2. The smallest absolute Gasteiger partial charge is 0.320 e. The maximum Gasteiger partial charge on any atom is 0.320 e. The fourth-order valence-electron chi connectivity index (χ4n) is 2.57. The third-order valence-corrected chi connectivity index (χ3v) is 3.56. The molecule has 0 aromatic rings. The molecule has 1 saturated carbocycles. The molecule has 3 atom stereocenters. The van der Waals surface area contributed by atoms with Gasteiger partial charge in [0.15, 0.2) is 0 Å². The van der Waals surface area contributed by atoms with Crippen molar-refractivity contribution in [2.75, 3.05) is 7.05 Å². The Hall–Kier alpha value is -0.610. The molecule has 0 spiro atoms. The molecule has 4 nitrogen and oxygen atoms in total. The highest BCUT2D eigenvalue weighted by molar-refractivity contribution is 5.73. The predicted molar refractivity (Wildman–Crippen MR) is 62.4 cm³/mol. The van der Waals surface area contributed by atoms with E-state index in [2.05, 4.69) is 0 Å². The van der Waals surface area contributed by atoms with Gasteiger partial charge in [-0.3, -0.25) is 9.69 Å². The van der Waals surface area contributed by atoms with Crippen LogP contribution in [0.25, 0.3) is 0 Å². The maximum atomic E-state index is 11.2. The fraction of sp³-hybridized carbons (Fsp3) is 0.917. The van der Waals surface area contributed by atoms with Gasteiger partial charge >= 0.3 is 5.97 Å². The summed E-state index contributed by atoms with van der Waals surface area (Å²) in [5.74, 6) is -0.776. The van der Waals surface area contributed by atoms with Crippen LogP contribution in [0.4, 0.5) is 0 Å². The molecule has 1 aliphatic carbocycles. The predicted octanol–water partition coefficient (Wildman–Crippen LogP) is 1.47. The summed E-state index contributed by atoms with van der Waals surface area (Å²) in [4.78, 5) is 13.0. The standard InChI is InChI=1S/C12H23NO3/c1-3-6-10(12(15)16)13(2)9-7-4-5-8-11(9)14/h9-11,14H,3-8H2,1-2H3,(H,15,16). The van der Waals surface area contributed by atoms with Crippen molar-refractivity contribution in [1.82, 2.24) is 4.90 Å². The number of rotatable bonds is 5. The van der Waals surface area contributed by atoms with Crippen molar-refractivity contribution >= 4 is 5.97 Å². The SMILES string of the molecule is CCCC(C(=O)O)N(C)C1CCCCC1O. The van der Waals surface area contributed by atoms with Crippen LogP contribution in [0.15, 0.2) is 0 Å². The van der Waals surface area contributed by atoms with Crippen molar-refractivity contribution in [3.05, 3.63) is 0 Å². The number of carboxylic acid groups (broad SMARTS) is 1. The normalized spacial score (nSPS) is 28.0. The van der Waals surface area contributed by atoms with Gasteiger partial charge in [0.05, 0.1) is 6.10 Å². The highest BCUT2D eigenvalue weighted by atomic mass is 16.4. The summed E-state index contributed by atoms with van der Waals surface area (Å²) >= 11 is 0. The molecule has 1 aliphatic rings. The van der Waals surface area contributed by atoms with E-state index in [1.165, 1.54) is 0 Å². The van der Waals surface area contributed by atoms with Crippen molar-refractivity contribution < 1.29 is 15.0 Å². The summed E-state index contributed by atoms with van der Waals surface area (Å²) in [6, 6.07) is -0.441. The van der Waals surface area contributed by atoms with Crippen LogP contribution in [0.3, 0.4) is 0 Å². The molecule has 94 valence electrons. The Kier molecular flexibility index (Phi) is 5.22. The summed E-state index contributed by atoms with van der Waals surface area (Å²) < 4.78 is 0. The van der Waals surface area contributed by atoms with Gasteiger partial charge in [-0.15, -0.1) is 0 Å². The van der Waals surface area contributed by atoms with Gasteiger partial charge in [-0.05, 0) is 26.3 Å². The minimum atomic E-state index is -0.776. The Bertz CT molecular complexity index is 232. The first kappa shape index (κ1) is 13.5. The number of aliphatic carboxylic acids is 1. The van der Waals surface area contributed by atoms with Crippen molar-refractivity contribution in [3.63, 3.8) is 0 Å². The van der Waals surface area contributed by atoms with Crippen molar-refractivity contribution in [1.29, 1.82) is 0 Å².